The Morgan fingerprint density at radius 1 is 1.17 bits per heavy atom. The van der Waals surface area contributed by atoms with Crippen LogP contribution in [-0.2, 0) is 6.18 Å². The third-order valence-corrected chi connectivity index (χ3v) is 4.31. The van der Waals surface area contributed by atoms with Crippen molar-refractivity contribution in [3.8, 4) is 11.5 Å². The van der Waals surface area contributed by atoms with Gasteiger partial charge in [0.2, 0.25) is 11.7 Å². The lowest BCUT2D eigenvalue weighted by atomic mass is 10.2. The second-order valence-corrected chi connectivity index (χ2v) is 6.48. The highest BCUT2D eigenvalue weighted by Gasteiger charge is 2.42. The van der Waals surface area contributed by atoms with Gasteiger partial charge in [-0.25, -0.2) is 9.97 Å². The number of benzene rings is 1. The predicted octanol–water partition coefficient (Wildman–Crippen LogP) is 3.19. The van der Waals surface area contributed by atoms with Crippen LogP contribution in [-0.4, -0.2) is 40.2 Å². The summed E-state index contributed by atoms with van der Waals surface area (Å²) in [6.45, 7) is 0.906. The number of aliphatic hydroxyl groups excluding tert-OH is 1. The van der Waals surface area contributed by atoms with Crippen molar-refractivity contribution in [1.29, 1.82) is 0 Å². The minimum absolute atomic E-state index is 0.206. The Morgan fingerprint density at radius 3 is 2.48 bits per heavy atom. The van der Waals surface area contributed by atoms with Crippen molar-refractivity contribution in [2.24, 2.45) is 0 Å². The summed E-state index contributed by atoms with van der Waals surface area (Å²) in [5.41, 5.74) is -0.330. The molecule has 1 fully saturated rings. The Balaban J connectivity index is 1.57. The summed E-state index contributed by atoms with van der Waals surface area (Å²) in [5, 5.41) is 11.7. The van der Waals surface area contributed by atoms with Gasteiger partial charge in [-0.15, -0.1) is 0 Å². The maximum atomic E-state index is 13.3. The first kappa shape index (κ1) is 18.9. The van der Waals surface area contributed by atoms with Crippen molar-refractivity contribution in [1.82, 2.24) is 9.97 Å². The van der Waals surface area contributed by atoms with Crippen LogP contribution in [0.15, 0.2) is 53.1 Å². The van der Waals surface area contributed by atoms with E-state index in [2.05, 4.69) is 15.3 Å². The standard InChI is InChI=1S/C19H15F3N4O3/c20-19(21,22)16-15(25-18(29-16)11-4-2-1-3-5-11)17(28)24-12-6-7-14(23-8-12)26-9-13(27)10-26/h1-8,13,27H,9-10H2,(H,24,28). The van der Waals surface area contributed by atoms with Gasteiger partial charge in [0.1, 0.15) is 5.82 Å². The van der Waals surface area contributed by atoms with Gasteiger partial charge in [0.25, 0.3) is 5.91 Å². The third kappa shape index (κ3) is 3.92. The van der Waals surface area contributed by atoms with Crippen LogP contribution in [0.3, 0.4) is 0 Å². The SMILES string of the molecule is O=C(Nc1ccc(N2CC(O)C2)nc1)c1nc(-c2ccccc2)oc1C(F)(F)F. The van der Waals surface area contributed by atoms with E-state index in [0.717, 1.165) is 0 Å². The molecule has 1 saturated heterocycles. The number of carbonyl (C=O) groups is 1. The monoisotopic (exact) mass is 404 g/mol. The van der Waals surface area contributed by atoms with Gasteiger partial charge in [-0.1, -0.05) is 18.2 Å². The summed E-state index contributed by atoms with van der Waals surface area (Å²) < 4.78 is 44.9. The summed E-state index contributed by atoms with van der Waals surface area (Å²) in [7, 11) is 0. The van der Waals surface area contributed by atoms with Gasteiger partial charge in [0.05, 0.1) is 18.0 Å². The number of nitrogens with one attached hydrogen (secondary N) is 1. The molecule has 7 nitrogen and oxygen atoms in total. The molecule has 0 saturated carbocycles. The van der Waals surface area contributed by atoms with Crippen molar-refractivity contribution in [3.05, 3.63) is 60.1 Å². The molecule has 1 aliphatic rings. The fraction of sp³-hybridized carbons (Fsp3) is 0.211. The van der Waals surface area contributed by atoms with Crippen LogP contribution in [0.1, 0.15) is 16.2 Å². The van der Waals surface area contributed by atoms with Crippen LogP contribution in [0.2, 0.25) is 0 Å². The zero-order valence-corrected chi connectivity index (χ0v) is 14.8. The number of aliphatic hydroxyl groups is 1. The summed E-state index contributed by atoms with van der Waals surface area (Å²) in [6.07, 6.45) is -3.96. The molecular formula is C19H15F3N4O3. The van der Waals surface area contributed by atoms with Crippen LogP contribution in [0.25, 0.3) is 11.5 Å². The molecule has 1 aliphatic heterocycles. The Bertz CT molecular complexity index is 1010. The first-order chi connectivity index (χ1) is 13.8. The number of β-amino-alcohol motifs (C(OH)–C–C–N with tert-alkyl or cyclic N) is 1. The Kier molecular flexibility index (Phi) is 4.71. The van der Waals surface area contributed by atoms with Crippen LogP contribution in [0.4, 0.5) is 24.7 Å². The van der Waals surface area contributed by atoms with Crippen molar-refractivity contribution in [3.63, 3.8) is 0 Å². The number of anilines is 2. The molecule has 10 heteroatoms. The van der Waals surface area contributed by atoms with Crippen LogP contribution in [0, 0.1) is 0 Å². The fourth-order valence-corrected chi connectivity index (χ4v) is 2.85. The summed E-state index contributed by atoms with van der Waals surface area (Å²) >= 11 is 0. The Hall–Kier alpha value is -3.40. The lowest BCUT2D eigenvalue weighted by Gasteiger charge is -2.36. The first-order valence-corrected chi connectivity index (χ1v) is 8.65. The number of nitrogens with zero attached hydrogens (tertiary/aromatic N) is 3. The molecule has 3 aromatic rings. The molecule has 2 aromatic heterocycles. The fourth-order valence-electron chi connectivity index (χ4n) is 2.85. The molecule has 150 valence electrons. The quantitative estimate of drug-likeness (QED) is 0.694. The van der Waals surface area contributed by atoms with Gasteiger partial charge >= 0.3 is 6.18 Å². The second kappa shape index (κ2) is 7.21. The molecule has 0 unspecified atom stereocenters. The van der Waals surface area contributed by atoms with E-state index in [9.17, 15) is 23.1 Å². The minimum Gasteiger partial charge on any atom is -0.431 e. The number of amides is 1. The molecule has 0 aliphatic carbocycles. The maximum absolute atomic E-state index is 13.3. The van der Waals surface area contributed by atoms with E-state index in [1.165, 1.54) is 24.4 Å². The lowest BCUT2D eigenvalue weighted by molar-refractivity contribution is -0.153. The van der Waals surface area contributed by atoms with Gasteiger partial charge in [0, 0.05) is 18.7 Å². The average molecular weight is 404 g/mol. The average Bonchev–Trinajstić information content (AvgIpc) is 3.13. The molecule has 0 radical (unpaired) electrons. The Morgan fingerprint density at radius 2 is 1.90 bits per heavy atom. The van der Waals surface area contributed by atoms with E-state index >= 15 is 0 Å². The number of hydrogen-bond donors (Lipinski definition) is 2. The highest BCUT2D eigenvalue weighted by Crippen LogP contribution is 2.35. The van der Waals surface area contributed by atoms with Gasteiger partial charge in [0.15, 0.2) is 5.69 Å². The summed E-state index contributed by atoms with van der Waals surface area (Å²) in [4.78, 5) is 22.2. The molecule has 0 spiro atoms. The van der Waals surface area contributed by atoms with Crippen LogP contribution < -0.4 is 10.2 Å². The molecule has 0 atom stereocenters. The molecule has 3 heterocycles. The number of hydrogen-bond acceptors (Lipinski definition) is 6. The smallest absolute Gasteiger partial charge is 0.431 e. The minimum atomic E-state index is -4.88. The van der Waals surface area contributed by atoms with Crippen LogP contribution >= 0.6 is 0 Å². The molecule has 29 heavy (non-hydrogen) atoms. The Labute approximate surface area is 162 Å². The first-order valence-electron chi connectivity index (χ1n) is 8.65. The van der Waals surface area contributed by atoms with Gasteiger partial charge in [-0.05, 0) is 24.3 Å². The van der Waals surface area contributed by atoms with Crippen LogP contribution in [0.5, 0.6) is 0 Å². The summed E-state index contributed by atoms with van der Waals surface area (Å²) in [6, 6.07) is 11.1. The number of carbonyl (C=O) groups excluding carboxylic acids is 1. The zero-order chi connectivity index (χ0) is 20.6. The number of aromatic nitrogens is 2. The zero-order valence-electron chi connectivity index (χ0n) is 14.8. The molecule has 4 rings (SSSR count). The maximum Gasteiger partial charge on any atom is 0.452 e. The van der Waals surface area contributed by atoms with Crippen molar-refractivity contribution in [2.75, 3.05) is 23.3 Å². The highest BCUT2D eigenvalue weighted by atomic mass is 19.4. The molecule has 0 bridgehead atoms. The van der Waals surface area contributed by atoms with Gasteiger partial charge in [-0.3, -0.25) is 4.79 Å². The van der Waals surface area contributed by atoms with Gasteiger partial charge in [-0.2, -0.15) is 13.2 Å². The lowest BCUT2D eigenvalue weighted by Crippen LogP contribution is -2.51. The predicted molar refractivity (Wildman–Crippen MR) is 97.4 cm³/mol. The number of pyridine rings is 1. The van der Waals surface area contributed by atoms with Crippen molar-refractivity contribution >= 4 is 17.4 Å². The van der Waals surface area contributed by atoms with E-state index in [0.29, 0.717) is 24.5 Å². The van der Waals surface area contributed by atoms with E-state index in [1.54, 1.807) is 24.3 Å². The topological polar surface area (TPSA) is 91.5 Å². The van der Waals surface area contributed by atoms with E-state index in [-0.39, 0.29) is 11.6 Å². The van der Waals surface area contributed by atoms with E-state index < -0.39 is 29.6 Å². The number of alkyl halides is 3. The molecule has 1 aromatic carbocycles. The number of oxazole rings is 1. The highest BCUT2D eigenvalue weighted by molar-refractivity contribution is 6.04. The van der Waals surface area contributed by atoms with E-state index in [1.807, 2.05) is 4.90 Å². The number of halogens is 3. The molecule has 1 amide bonds. The number of rotatable bonds is 4. The molecular weight excluding hydrogens is 389 g/mol. The van der Waals surface area contributed by atoms with Gasteiger partial charge < -0.3 is 19.7 Å². The largest absolute Gasteiger partial charge is 0.452 e. The summed E-state index contributed by atoms with van der Waals surface area (Å²) in [5.74, 6) is -2.23. The molecule has 2 N–H and O–H groups in total. The normalized spacial score (nSPS) is 14.6. The van der Waals surface area contributed by atoms with Crippen molar-refractivity contribution in [2.45, 2.75) is 12.3 Å². The van der Waals surface area contributed by atoms with Crippen molar-refractivity contribution < 1.29 is 27.5 Å². The third-order valence-electron chi connectivity index (χ3n) is 4.31. The second-order valence-electron chi connectivity index (χ2n) is 6.48. The van der Waals surface area contributed by atoms with E-state index in [4.69, 9.17) is 4.42 Å².